The first-order valence-electron chi connectivity index (χ1n) is 11.8. The molecule has 0 heterocycles. The molecule has 4 nitrogen and oxygen atoms in total. The van der Waals surface area contributed by atoms with Crippen LogP contribution in [0.2, 0.25) is 0 Å². The number of unbranched alkanes of at least 4 members (excludes halogenated alkanes) is 15. The lowest BCUT2D eigenvalue weighted by Gasteiger charge is -2.20. The fourth-order valence-corrected chi connectivity index (χ4v) is 3.59. The van der Waals surface area contributed by atoms with Gasteiger partial charge in [0, 0.05) is 19.5 Å². The normalized spacial score (nSPS) is 11.1. The van der Waals surface area contributed by atoms with Gasteiger partial charge in [-0.05, 0) is 6.42 Å². The highest BCUT2D eigenvalue weighted by Gasteiger charge is 2.11. The van der Waals surface area contributed by atoms with Crippen molar-refractivity contribution in [2.45, 2.75) is 116 Å². The topological polar surface area (TPSA) is 60.8 Å². The largest absolute Gasteiger partial charge is 0.395 e. The minimum atomic E-state index is -0.0370. The van der Waals surface area contributed by atoms with Crippen molar-refractivity contribution in [1.29, 1.82) is 0 Å². The lowest BCUT2D eigenvalue weighted by atomic mass is 10.0. The second-order valence-electron chi connectivity index (χ2n) is 7.88. The van der Waals surface area contributed by atoms with Crippen molar-refractivity contribution in [3.05, 3.63) is 0 Å². The van der Waals surface area contributed by atoms with E-state index < -0.39 is 0 Å². The number of rotatable bonds is 21. The Labute approximate surface area is 168 Å². The summed E-state index contributed by atoms with van der Waals surface area (Å²) in [6.45, 7) is 2.86. The van der Waals surface area contributed by atoms with Crippen LogP contribution in [-0.4, -0.2) is 47.3 Å². The predicted molar refractivity (Wildman–Crippen MR) is 115 cm³/mol. The highest BCUT2D eigenvalue weighted by atomic mass is 16.3. The van der Waals surface area contributed by atoms with Crippen LogP contribution in [0.4, 0.5) is 0 Å². The van der Waals surface area contributed by atoms with Gasteiger partial charge in [0.1, 0.15) is 0 Å². The van der Waals surface area contributed by atoms with E-state index in [-0.39, 0.29) is 19.1 Å². The van der Waals surface area contributed by atoms with Gasteiger partial charge in [0.2, 0.25) is 5.91 Å². The fourth-order valence-electron chi connectivity index (χ4n) is 3.59. The van der Waals surface area contributed by atoms with Gasteiger partial charge in [-0.2, -0.15) is 0 Å². The van der Waals surface area contributed by atoms with Crippen LogP contribution in [0.3, 0.4) is 0 Å². The van der Waals surface area contributed by atoms with Crippen LogP contribution in [0.15, 0.2) is 0 Å². The van der Waals surface area contributed by atoms with Crippen molar-refractivity contribution in [2.24, 2.45) is 0 Å². The van der Waals surface area contributed by atoms with Gasteiger partial charge in [0.05, 0.1) is 13.2 Å². The smallest absolute Gasteiger partial charge is 0.222 e. The van der Waals surface area contributed by atoms with Crippen molar-refractivity contribution < 1.29 is 15.0 Å². The average Bonchev–Trinajstić information content (AvgIpc) is 2.67. The number of aliphatic hydroxyl groups is 2. The van der Waals surface area contributed by atoms with Crippen molar-refractivity contribution in [3.8, 4) is 0 Å². The first kappa shape index (κ1) is 26.4. The van der Waals surface area contributed by atoms with Gasteiger partial charge in [0.15, 0.2) is 0 Å². The number of hydrogen-bond donors (Lipinski definition) is 2. The van der Waals surface area contributed by atoms with Crippen LogP contribution in [0.5, 0.6) is 0 Å². The molecule has 0 saturated carbocycles. The molecule has 27 heavy (non-hydrogen) atoms. The summed E-state index contributed by atoms with van der Waals surface area (Å²) in [6.07, 6.45) is 21.8. The minimum absolute atomic E-state index is 0.0370. The molecule has 0 aliphatic carbocycles. The van der Waals surface area contributed by atoms with Gasteiger partial charge >= 0.3 is 0 Å². The highest BCUT2D eigenvalue weighted by Crippen LogP contribution is 2.14. The zero-order valence-corrected chi connectivity index (χ0v) is 18.1. The van der Waals surface area contributed by atoms with Crippen LogP contribution < -0.4 is 0 Å². The van der Waals surface area contributed by atoms with E-state index >= 15 is 0 Å². The average molecular weight is 386 g/mol. The van der Waals surface area contributed by atoms with E-state index in [4.69, 9.17) is 10.2 Å². The number of carbonyl (C=O) groups excluding carboxylic acids is 1. The maximum absolute atomic E-state index is 12.0. The van der Waals surface area contributed by atoms with Crippen molar-refractivity contribution in [2.75, 3.05) is 26.3 Å². The Bertz CT molecular complexity index is 304. The van der Waals surface area contributed by atoms with Crippen molar-refractivity contribution in [1.82, 2.24) is 4.90 Å². The van der Waals surface area contributed by atoms with E-state index in [0.717, 1.165) is 12.8 Å². The molecule has 4 heteroatoms. The molecule has 0 unspecified atom stereocenters. The molecule has 0 fully saturated rings. The first-order valence-corrected chi connectivity index (χ1v) is 11.8. The molecule has 0 atom stereocenters. The Balaban J connectivity index is 3.27. The van der Waals surface area contributed by atoms with Crippen molar-refractivity contribution in [3.63, 3.8) is 0 Å². The molecular weight excluding hydrogens is 338 g/mol. The fraction of sp³-hybridized carbons (Fsp3) is 0.957. The molecule has 2 N–H and O–H groups in total. The lowest BCUT2D eigenvalue weighted by Crippen LogP contribution is -2.35. The van der Waals surface area contributed by atoms with Crippen LogP contribution in [0, 0.1) is 0 Å². The van der Waals surface area contributed by atoms with E-state index in [1.807, 2.05) is 0 Å². The zero-order chi connectivity index (χ0) is 20.0. The summed E-state index contributed by atoms with van der Waals surface area (Å²) in [5.74, 6) is 0.0588. The van der Waals surface area contributed by atoms with Crippen LogP contribution >= 0.6 is 0 Å². The van der Waals surface area contributed by atoms with Gasteiger partial charge in [0.25, 0.3) is 0 Å². The summed E-state index contributed by atoms with van der Waals surface area (Å²) >= 11 is 0. The molecule has 0 aliphatic heterocycles. The Kier molecular flexibility index (Phi) is 21.2. The monoisotopic (exact) mass is 385 g/mol. The van der Waals surface area contributed by atoms with E-state index in [1.165, 1.54) is 89.9 Å². The first-order chi connectivity index (χ1) is 13.3. The molecule has 0 aromatic heterocycles. The van der Waals surface area contributed by atoms with Gasteiger partial charge in [-0.15, -0.1) is 0 Å². The van der Waals surface area contributed by atoms with Gasteiger partial charge in [-0.3, -0.25) is 4.79 Å². The Morgan fingerprint density at radius 1 is 0.593 bits per heavy atom. The number of hydrogen-bond acceptors (Lipinski definition) is 3. The number of nitrogens with zero attached hydrogens (tertiary/aromatic N) is 1. The van der Waals surface area contributed by atoms with E-state index in [2.05, 4.69) is 6.92 Å². The summed E-state index contributed by atoms with van der Waals surface area (Å²) in [4.78, 5) is 13.5. The van der Waals surface area contributed by atoms with Gasteiger partial charge < -0.3 is 15.1 Å². The Hall–Kier alpha value is -0.610. The summed E-state index contributed by atoms with van der Waals surface area (Å²) in [5.41, 5.74) is 0. The second kappa shape index (κ2) is 21.7. The number of amides is 1. The predicted octanol–water partition coefficient (Wildman–Crippen LogP) is 5.45. The van der Waals surface area contributed by atoms with E-state index in [9.17, 15) is 4.79 Å². The van der Waals surface area contributed by atoms with Crippen LogP contribution in [0.1, 0.15) is 116 Å². The number of carbonyl (C=O) groups is 1. The van der Waals surface area contributed by atoms with Crippen LogP contribution in [0.25, 0.3) is 0 Å². The third kappa shape index (κ3) is 18.5. The SMILES string of the molecule is CCCCCCCCCCCCCCCCCCC(=O)N(CCO)CCO. The third-order valence-corrected chi connectivity index (χ3v) is 5.34. The quantitative estimate of drug-likeness (QED) is 0.258. The molecule has 0 aromatic rings. The summed E-state index contributed by atoms with van der Waals surface area (Å²) in [5, 5.41) is 17.9. The highest BCUT2D eigenvalue weighted by molar-refractivity contribution is 5.76. The maximum Gasteiger partial charge on any atom is 0.222 e. The Morgan fingerprint density at radius 2 is 0.926 bits per heavy atom. The molecule has 0 bridgehead atoms. The maximum atomic E-state index is 12.0. The van der Waals surface area contributed by atoms with Crippen LogP contribution in [-0.2, 0) is 4.79 Å². The molecule has 0 saturated heterocycles. The molecule has 0 radical (unpaired) electrons. The molecule has 0 aromatic carbocycles. The molecule has 0 spiro atoms. The lowest BCUT2D eigenvalue weighted by molar-refractivity contribution is -0.132. The summed E-state index contributed by atoms with van der Waals surface area (Å²) in [7, 11) is 0. The molecular formula is C23H47NO3. The third-order valence-electron chi connectivity index (χ3n) is 5.34. The standard InChI is InChI=1S/C23H47NO3/c1-2-3-4-5-6-7-8-9-10-11-12-13-14-15-16-17-18-23(27)24(19-21-25)20-22-26/h25-26H,2-22H2,1H3. The Morgan fingerprint density at radius 3 is 1.26 bits per heavy atom. The van der Waals surface area contributed by atoms with Gasteiger partial charge in [-0.1, -0.05) is 103 Å². The molecule has 1 amide bonds. The van der Waals surface area contributed by atoms with Crippen molar-refractivity contribution >= 4 is 5.91 Å². The summed E-state index contributed by atoms with van der Waals surface area (Å²) < 4.78 is 0. The van der Waals surface area contributed by atoms with Gasteiger partial charge in [-0.25, -0.2) is 0 Å². The van der Waals surface area contributed by atoms with E-state index in [1.54, 1.807) is 4.90 Å². The second-order valence-corrected chi connectivity index (χ2v) is 7.88. The minimum Gasteiger partial charge on any atom is -0.395 e. The zero-order valence-electron chi connectivity index (χ0n) is 18.1. The molecule has 0 rings (SSSR count). The summed E-state index contributed by atoms with van der Waals surface area (Å²) in [6, 6.07) is 0. The number of aliphatic hydroxyl groups excluding tert-OH is 2. The molecule has 162 valence electrons. The molecule has 0 aliphatic rings. The van der Waals surface area contributed by atoms with E-state index in [0.29, 0.717) is 19.5 Å².